The molecule has 0 fully saturated rings. The van der Waals surface area contributed by atoms with Crippen molar-refractivity contribution in [2.75, 3.05) is 0 Å². The van der Waals surface area contributed by atoms with Crippen LogP contribution >= 0.6 is 0 Å². The smallest absolute Gasteiger partial charge is 0.344 e. The normalized spacial score (nSPS) is 11.7. The molecule has 1 unspecified atom stereocenters. The molecule has 0 saturated carbocycles. The van der Waals surface area contributed by atoms with Crippen molar-refractivity contribution in [3.63, 3.8) is 0 Å². The van der Waals surface area contributed by atoms with Crippen molar-refractivity contribution in [1.82, 2.24) is 4.98 Å². The molecule has 3 rings (SSSR count). The predicted octanol–water partition coefficient (Wildman–Crippen LogP) is 3.92. The lowest BCUT2D eigenvalue weighted by molar-refractivity contribution is -0.144. The van der Waals surface area contributed by atoms with E-state index >= 15 is 0 Å². The average molecular weight is 397 g/mol. The molecule has 3 aromatic rings. The highest BCUT2D eigenvalue weighted by atomic mass is 19.1. The van der Waals surface area contributed by atoms with Gasteiger partial charge in [0.15, 0.2) is 6.10 Å². The summed E-state index contributed by atoms with van der Waals surface area (Å²) >= 11 is 0. The van der Waals surface area contributed by atoms with Crippen molar-refractivity contribution < 1.29 is 23.8 Å². The lowest BCUT2D eigenvalue weighted by Crippen LogP contribution is -2.23. The number of pyridine rings is 1. The fraction of sp³-hybridized carbons (Fsp3) is 0.182. The van der Waals surface area contributed by atoms with Crippen molar-refractivity contribution in [2.24, 2.45) is 0 Å². The Morgan fingerprint density at radius 1 is 1.14 bits per heavy atom. The van der Waals surface area contributed by atoms with Gasteiger partial charge in [0.2, 0.25) is 0 Å². The van der Waals surface area contributed by atoms with E-state index < -0.39 is 12.1 Å². The van der Waals surface area contributed by atoms with E-state index in [9.17, 15) is 14.0 Å². The number of benzene rings is 2. The van der Waals surface area contributed by atoms with Crippen LogP contribution in [0.3, 0.4) is 0 Å². The Morgan fingerprint density at radius 3 is 2.52 bits per heavy atom. The van der Waals surface area contributed by atoms with Crippen molar-refractivity contribution in [3.8, 4) is 22.6 Å². The van der Waals surface area contributed by atoms with Gasteiger partial charge in [-0.25, -0.2) is 9.18 Å². The number of ether oxygens (including phenoxy) is 2. The number of aliphatic carboxylic acids is 1. The molecule has 1 aromatic heterocycles. The first kappa shape index (κ1) is 20.1. The Kier molecular flexibility index (Phi) is 5.97. The minimum atomic E-state index is -1.07. The van der Waals surface area contributed by atoms with Crippen LogP contribution in [0.1, 0.15) is 18.1 Å². The number of nitrogens with one attached hydrogen (secondary N) is 1. The molecule has 0 spiro atoms. The molecule has 0 radical (unpaired) electrons. The lowest BCUT2D eigenvalue weighted by atomic mass is 10.0. The molecule has 2 N–H and O–H groups in total. The minimum Gasteiger partial charge on any atom is -0.488 e. The number of halogens is 1. The summed E-state index contributed by atoms with van der Waals surface area (Å²) in [7, 11) is 0. The summed E-state index contributed by atoms with van der Waals surface area (Å²) in [6.45, 7) is 3.38. The Hall–Kier alpha value is -3.61. The summed E-state index contributed by atoms with van der Waals surface area (Å²) in [6, 6.07) is 12.6. The molecule has 150 valence electrons. The average Bonchev–Trinajstić information content (AvgIpc) is 2.69. The maximum Gasteiger partial charge on any atom is 0.344 e. The van der Waals surface area contributed by atoms with E-state index in [1.165, 1.54) is 25.3 Å². The van der Waals surface area contributed by atoms with Crippen LogP contribution in [0.15, 0.2) is 59.5 Å². The third-order valence-electron chi connectivity index (χ3n) is 4.35. The van der Waals surface area contributed by atoms with Crippen molar-refractivity contribution in [1.29, 1.82) is 0 Å². The third kappa shape index (κ3) is 4.82. The summed E-state index contributed by atoms with van der Waals surface area (Å²) in [5.41, 5.74) is 2.07. The first-order valence-electron chi connectivity index (χ1n) is 8.94. The monoisotopic (exact) mass is 397 g/mol. The first-order chi connectivity index (χ1) is 13.8. The van der Waals surface area contributed by atoms with E-state index in [1.807, 2.05) is 0 Å². The number of aromatic amines is 1. The van der Waals surface area contributed by atoms with Gasteiger partial charge in [-0.15, -0.1) is 0 Å². The number of carboxylic acids is 1. The number of carbonyl (C=O) groups is 1. The molecule has 6 nitrogen and oxygen atoms in total. The van der Waals surface area contributed by atoms with Crippen molar-refractivity contribution >= 4 is 5.97 Å². The molecule has 29 heavy (non-hydrogen) atoms. The molecular weight excluding hydrogens is 377 g/mol. The Balaban J connectivity index is 1.88. The Bertz CT molecular complexity index is 1080. The van der Waals surface area contributed by atoms with Gasteiger partial charge in [0.05, 0.1) is 5.56 Å². The molecule has 0 aliphatic carbocycles. The van der Waals surface area contributed by atoms with Gasteiger partial charge in [0, 0.05) is 6.20 Å². The molecule has 1 atom stereocenters. The SMILES string of the molecule is Cc1cc(-c2c(OCc3ccc(F)cc3)cc[nH]c2=O)ccc1OC(C)C(=O)O. The van der Waals surface area contributed by atoms with E-state index in [0.29, 0.717) is 28.2 Å². The number of carboxylic acid groups (broad SMARTS) is 1. The molecule has 0 aliphatic rings. The zero-order valence-corrected chi connectivity index (χ0v) is 15.9. The number of H-pyrrole nitrogens is 1. The second kappa shape index (κ2) is 8.60. The molecular formula is C22H20FNO5. The molecule has 2 aromatic carbocycles. The molecule has 7 heteroatoms. The maximum absolute atomic E-state index is 13.1. The van der Waals surface area contributed by atoms with Gasteiger partial charge in [0.1, 0.15) is 23.9 Å². The fourth-order valence-corrected chi connectivity index (χ4v) is 2.77. The number of hydrogen-bond acceptors (Lipinski definition) is 4. The van der Waals surface area contributed by atoms with Crippen LogP contribution < -0.4 is 15.0 Å². The summed E-state index contributed by atoms with van der Waals surface area (Å²) in [4.78, 5) is 26.1. The second-order valence-electron chi connectivity index (χ2n) is 6.54. The van der Waals surface area contributed by atoms with Crippen LogP contribution in [-0.2, 0) is 11.4 Å². The van der Waals surface area contributed by atoms with Gasteiger partial charge in [-0.05, 0) is 60.9 Å². The van der Waals surface area contributed by atoms with Crippen LogP contribution in [0.2, 0.25) is 0 Å². The number of hydrogen-bond donors (Lipinski definition) is 2. The third-order valence-corrected chi connectivity index (χ3v) is 4.35. The van der Waals surface area contributed by atoms with Gasteiger partial charge < -0.3 is 19.6 Å². The zero-order chi connectivity index (χ0) is 21.0. The van der Waals surface area contributed by atoms with E-state index in [0.717, 1.165) is 5.56 Å². The van der Waals surface area contributed by atoms with Crippen LogP contribution in [0.5, 0.6) is 11.5 Å². The highest BCUT2D eigenvalue weighted by Gasteiger charge is 2.16. The summed E-state index contributed by atoms with van der Waals surface area (Å²) in [5, 5.41) is 9.00. The maximum atomic E-state index is 13.1. The summed E-state index contributed by atoms with van der Waals surface area (Å²) in [5.74, 6) is -0.597. The summed E-state index contributed by atoms with van der Waals surface area (Å²) in [6.07, 6.45) is 0.499. The molecule has 0 amide bonds. The van der Waals surface area contributed by atoms with Gasteiger partial charge in [0.25, 0.3) is 5.56 Å². The van der Waals surface area contributed by atoms with Crippen LogP contribution in [0.25, 0.3) is 11.1 Å². The van der Waals surface area contributed by atoms with Crippen LogP contribution in [0, 0.1) is 12.7 Å². The summed E-state index contributed by atoms with van der Waals surface area (Å²) < 4.78 is 24.3. The van der Waals surface area contributed by atoms with E-state index in [1.54, 1.807) is 43.3 Å². The molecule has 0 saturated heterocycles. The topological polar surface area (TPSA) is 88.6 Å². The molecule has 0 aliphatic heterocycles. The van der Waals surface area contributed by atoms with Gasteiger partial charge in [-0.1, -0.05) is 18.2 Å². The molecule has 1 heterocycles. The second-order valence-corrected chi connectivity index (χ2v) is 6.54. The fourth-order valence-electron chi connectivity index (χ4n) is 2.77. The van der Waals surface area contributed by atoms with E-state index in [2.05, 4.69) is 4.98 Å². The number of rotatable bonds is 7. The zero-order valence-electron chi connectivity index (χ0n) is 15.9. The van der Waals surface area contributed by atoms with E-state index in [-0.39, 0.29) is 18.0 Å². The quantitative estimate of drug-likeness (QED) is 0.631. The van der Waals surface area contributed by atoms with Crippen LogP contribution in [-0.4, -0.2) is 22.2 Å². The Labute approximate surface area is 166 Å². The van der Waals surface area contributed by atoms with E-state index in [4.69, 9.17) is 14.6 Å². The van der Waals surface area contributed by atoms with Gasteiger partial charge in [-0.3, -0.25) is 4.79 Å². The van der Waals surface area contributed by atoms with Gasteiger partial charge in [-0.2, -0.15) is 0 Å². The van der Waals surface area contributed by atoms with Crippen LogP contribution in [0.4, 0.5) is 4.39 Å². The lowest BCUT2D eigenvalue weighted by Gasteiger charge is -2.15. The number of aryl methyl sites for hydroxylation is 1. The highest BCUT2D eigenvalue weighted by molar-refractivity contribution is 5.73. The first-order valence-corrected chi connectivity index (χ1v) is 8.94. The van der Waals surface area contributed by atoms with Gasteiger partial charge >= 0.3 is 5.97 Å². The highest BCUT2D eigenvalue weighted by Crippen LogP contribution is 2.30. The van der Waals surface area contributed by atoms with Crippen molar-refractivity contribution in [3.05, 3.63) is 82.0 Å². The standard InChI is InChI=1S/C22H20FNO5/c1-13-11-16(5-8-18(13)29-14(2)22(26)27)20-19(9-10-24-21(20)25)28-12-15-3-6-17(23)7-4-15/h3-11,14H,12H2,1-2H3,(H,24,25)(H,26,27). The molecule has 0 bridgehead atoms. The number of aromatic nitrogens is 1. The minimum absolute atomic E-state index is 0.174. The predicted molar refractivity (Wildman–Crippen MR) is 106 cm³/mol. The Morgan fingerprint density at radius 2 is 1.86 bits per heavy atom. The largest absolute Gasteiger partial charge is 0.488 e. The van der Waals surface area contributed by atoms with Crippen molar-refractivity contribution in [2.45, 2.75) is 26.6 Å².